The highest BCUT2D eigenvalue weighted by molar-refractivity contribution is 4.98. The van der Waals surface area contributed by atoms with Crippen LogP contribution in [0.25, 0.3) is 0 Å². The number of rotatable bonds is 6. The standard InChI is InChI=1S/C10H20O6/c1-12-6-10(15-4)9(14-3)8(13-2)7(5-11)16-10/h7-9,11H,5-6H2,1-4H3/t7-,8-,9+,10+/m1/s1. The van der Waals surface area contributed by atoms with Crippen molar-refractivity contribution in [2.75, 3.05) is 41.7 Å². The van der Waals surface area contributed by atoms with Crippen LogP contribution in [0.15, 0.2) is 0 Å². The molecule has 0 spiro atoms. The number of aliphatic hydroxyl groups is 1. The van der Waals surface area contributed by atoms with E-state index >= 15 is 0 Å². The molecule has 6 nitrogen and oxygen atoms in total. The van der Waals surface area contributed by atoms with Crippen LogP contribution in [-0.4, -0.2) is 70.9 Å². The van der Waals surface area contributed by atoms with Crippen LogP contribution in [0.3, 0.4) is 0 Å². The minimum atomic E-state index is -1.03. The molecule has 4 atom stereocenters. The smallest absolute Gasteiger partial charge is 0.221 e. The minimum Gasteiger partial charge on any atom is -0.394 e. The van der Waals surface area contributed by atoms with Crippen LogP contribution < -0.4 is 0 Å². The molecule has 1 aliphatic rings. The highest BCUT2D eigenvalue weighted by atomic mass is 16.8. The van der Waals surface area contributed by atoms with Gasteiger partial charge in [0.05, 0.1) is 6.61 Å². The molecule has 96 valence electrons. The van der Waals surface area contributed by atoms with Crippen molar-refractivity contribution in [3.8, 4) is 0 Å². The van der Waals surface area contributed by atoms with E-state index in [1.165, 1.54) is 7.11 Å². The molecule has 1 rings (SSSR count). The Hall–Kier alpha value is -0.240. The van der Waals surface area contributed by atoms with Crippen LogP contribution in [0.4, 0.5) is 0 Å². The maximum atomic E-state index is 9.22. The first-order valence-corrected chi connectivity index (χ1v) is 5.07. The predicted molar refractivity (Wildman–Crippen MR) is 55.2 cm³/mol. The second-order valence-electron chi connectivity index (χ2n) is 3.64. The first-order chi connectivity index (χ1) is 7.68. The maximum absolute atomic E-state index is 9.22. The lowest BCUT2D eigenvalue weighted by atomic mass is 10.1. The SMILES string of the molecule is COC[C@]1(OC)O[C@H](CO)[C@@H](OC)[C@@H]1OC. The summed E-state index contributed by atoms with van der Waals surface area (Å²) in [7, 11) is 6.15. The second kappa shape index (κ2) is 5.90. The Morgan fingerprint density at radius 3 is 2.25 bits per heavy atom. The van der Waals surface area contributed by atoms with Gasteiger partial charge in [0.15, 0.2) is 0 Å². The summed E-state index contributed by atoms with van der Waals surface area (Å²) in [4.78, 5) is 0. The maximum Gasteiger partial charge on any atom is 0.221 e. The molecule has 0 aliphatic carbocycles. The number of ether oxygens (including phenoxy) is 5. The lowest BCUT2D eigenvalue weighted by molar-refractivity contribution is -0.271. The van der Waals surface area contributed by atoms with Crippen molar-refractivity contribution >= 4 is 0 Å². The van der Waals surface area contributed by atoms with E-state index in [4.69, 9.17) is 23.7 Å². The zero-order chi connectivity index (χ0) is 12.2. The van der Waals surface area contributed by atoms with Gasteiger partial charge in [0.25, 0.3) is 0 Å². The van der Waals surface area contributed by atoms with E-state index in [-0.39, 0.29) is 19.3 Å². The third-order valence-corrected chi connectivity index (χ3v) is 2.85. The van der Waals surface area contributed by atoms with Gasteiger partial charge in [-0.3, -0.25) is 0 Å². The van der Waals surface area contributed by atoms with E-state index in [9.17, 15) is 5.11 Å². The second-order valence-corrected chi connectivity index (χ2v) is 3.64. The predicted octanol–water partition coefficient (Wildman–Crippen LogP) is -0.603. The van der Waals surface area contributed by atoms with Gasteiger partial charge in [-0.05, 0) is 0 Å². The van der Waals surface area contributed by atoms with Gasteiger partial charge in [-0.1, -0.05) is 0 Å². The van der Waals surface area contributed by atoms with Gasteiger partial charge >= 0.3 is 0 Å². The molecule has 0 aromatic heterocycles. The minimum absolute atomic E-state index is 0.160. The molecule has 1 aliphatic heterocycles. The summed E-state index contributed by atoms with van der Waals surface area (Å²) in [5.74, 6) is -1.03. The number of aliphatic hydroxyl groups excluding tert-OH is 1. The van der Waals surface area contributed by atoms with Crippen molar-refractivity contribution in [3.63, 3.8) is 0 Å². The Morgan fingerprint density at radius 2 is 1.88 bits per heavy atom. The molecule has 0 saturated carbocycles. The van der Waals surface area contributed by atoms with Crippen LogP contribution >= 0.6 is 0 Å². The van der Waals surface area contributed by atoms with Gasteiger partial charge in [0.2, 0.25) is 5.79 Å². The van der Waals surface area contributed by atoms with E-state index in [2.05, 4.69) is 0 Å². The van der Waals surface area contributed by atoms with Crippen LogP contribution in [0.2, 0.25) is 0 Å². The molecular formula is C10H20O6. The van der Waals surface area contributed by atoms with Crippen LogP contribution in [0, 0.1) is 0 Å². The first kappa shape index (κ1) is 13.8. The van der Waals surface area contributed by atoms with Crippen molar-refractivity contribution in [2.45, 2.75) is 24.1 Å². The number of hydrogen-bond donors (Lipinski definition) is 1. The summed E-state index contributed by atoms with van der Waals surface area (Å²) in [6.07, 6.45) is -1.31. The fourth-order valence-corrected chi connectivity index (χ4v) is 2.11. The number of hydrogen-bond acceptors (Lipinski definition) is 6. The molecule has 0 aromatic rings. The molecule has 1 N–H and O–H groups in total. The Balaban J connectivity index is 2.91. The lowest BCUT2D eigenvalue weighted by Gasteiger charge is -2.31. The Labute approximate surface area is 95.4 Å². The Bertz CT molecular complexity index is 211. The average Bonchev–Trinajstić information content (AvgIpc) is 2.63. The topological polar surface area (TPSA) is 66.4 Å². The van der Waals surface area contributed by atoms with E-state index in [0.717, 1.165) is 0 Å². The first-order valence-electron chi connectivity index (χ1n) is 5.07. The monoisotopic (exact) mass is 236 g/mol. The summed E-state index contributed by atoms with van der Waals surface area (Å²) >= 11 is 0. The zero-order valence-electron chi connectivity index (χ0n) is 10.1. The van der Waals surface area contributed by atoms with Gasteiger partial charge in [-0.2, -0.15) is 0 Å². The fourth-order valence-electron chi connectivity index (χ4n) is 2.11. The summed E-state index contributed by atoms with van der Waals surface area (Å²) in [6, 6.07) is 0. The van der Waals surface area contributed by atoms with Crippen molar-refractivity contribution in [1.29, 1.82) is 0 Å². The lowest BCUT2D eigenvalue weighted by Crippen LogP contribution is -2.49. The Kier molecular flexibility index (Phi) is 5.10. The van der Waals surface area contributed by atoms with Crippen molar-refractivity contribution in [3.05, 3.63) is 0 Å². The fraction of sp³-hybridized carbons (Fsp3) is 1.00. The third-order valence-electron chi connectivity index (χ3n) is 2.85. The molecule has 1 saturated heterocycles. The van der Waals surface area contributed by atoms with Gasteiger partial charge in [-0.15, -0.1) is 0 Å². The molecule has 0 unspecified atom stereocenters. The molecule has 0 aromatic carbocycles. The van der Waals surface area contributed by atoms with Crippen LogP contribution in [-0.2, 0) is 23.7 Å². The van der Waals surface area contributed by atoms with Gasteiger partial charge in [0.1, 0.15) is 24.9 Å². The largest absolute Gasteiger partial charge is 0.394 e. The zero-order valence-corrected chi connectivity index (χ0v) is 10.1. The summed E-state index contributed by atoms with van der Waals surface area (Å²) < 4.78 is 26.7. The molecule has 0 radical (unpaired) electrons. The van der Waals surface area contributed by atoms with Gasteiger partial charge in [-0.25, -0.2) is 0 Å². The van der Waals surface area contributed by atoms with Crippen molar-refractivity contribution < 1.29 is 28.8 Å². The van der Waals surface area contributed by atoms with Crippen molar-refractivity contribution in [1.82, 2.24) is 0 Å². The quantitative estimate of drug-likeness (QED) is 0.664. The summed E-state index contributed by atoms with van der Waals surface area (Å²) in [6.45, 7) is 0.0472. The molecule has 1 fully saturated rings. The number of methoxy groups -OCH3 is 4. The van der Waals surface area contributed by atoms with Gasteiger partial charge < -0.3 is 28.8 Å². The molecular weight excluding hydrogens is 216 g/mol. The molecule has 0 amide bonds. The molecule has 16 heavy (non-hydrogen) atoms. The van der Waals surface area contributed by atoms with E-state index in [0.29, 0.717) is 0 Å². The molecule has 6 heteroatoms. The Morgan fingerprint density at radius 1 is 1.19 bits per heavy atom. The summed E-state index contributed by atoms with van der Waals surface area (Å²) in [5.41, 5.74) is 0. The van der Waals surface area contributed by atoms with Crippen LogP contribution in [0.1, 0.15) is 0 Å². The van der Waals surface area contributed by atoms with E-state index < -0.39 is 18.0 Å². The van der Waals surface area contributed by atoms with E-state index in [1.807, 2.05) is 0 Å². The van der Waals surface area contributed by atoms with Crippen LogP contribution in [0.5, 0.6) is 0 Å². The highest BCUT2D eigenvalue weighted by Crippen LogP contribution is 2.35. The third kappa shape index (κ3) is 2.22. The van der Waals surface area contributed by atoms with Gasteiger partial charge in [0, 0.05) is 28.4 Å². The molecule has 1 heterocycles. The average molecular weight is 236 g/mol. The van der Waals surface area contributed by atoms with Crippen molar-refractivity contribution in [2.24, 2.45) is 0 Å². The highest BCUT2D eigenvalue weighted by Gasteiger charge is 2.56. The molecule has 0 bridgehead atoms. The normalized spacial score (nSPS) is 39.2. The van der Waals surface area contributed by atoms with E-state index in [1.54, 1.807) is 21.3 Å². The summed E-state index contributed by atoms with van der Waals surface area (Å²) in [5, 5.41) is 9.22.